The van der Waals surface area contributed by atoms with Crippen molar-refractivity contribution in [2.24, 2.45) is 0 Å². The molecule has 2 heterocycles. The molecule has 0 bridgehead atoms. The maximum absolute atomic E-state index is 13.3. The Kier molecular flexibility index (Phi) is 6.35. The Balaban J connectivity index is 1.45. The molecule has 0 unspecified atom stereocenters. The average molecular weight is 528 g/mol. The topological polar surface area (TPSA) is 64.7 Å². The quantitative estimate of drug-likeness (QED) is 0.408. The van der Waals surface area contributed by atoms with Gasteiger partial charge in [-0.05, 0) is 60.3 Å². The van der Waals surface area contributed by atoms with E-state index in [-0.39, 0.29) is 35.1 Å². The number of carbonyl (C=O) groups is 1. The number of aryl methyl sites for hydroxylation is 2. The van der Waals surface area contributed by atoms with E-state index in [0.29, 0.717) is 23.6 Å². The summed E-state index contributed by atoms with van der Waals surface area (Å²) in [6, 6.07) is 6.08. The monoisotopic (exact) mass is 527 g/mol. The summed E-state index contributed by atoms with van der Waals surface area (Å²) in [6.45, 7) is 4.02. The van der Waals surface area contributed by atoms with Gasteiger partial charge in [-0.25, -0.2) is 4.39 Å². The van der Waals surface area contributed by atoms with E-state index in [1.807, 2.05) is 6.92 Å². The summed E-state index contributed by atoms with van der Waals surface area (Å²) in [4.78, 5) is 12.6. The first-order valence-electron chi connectivity index (χ1n) is 10.5. The van der Waals surface area contributed by atoms with Crippen LogP contribution in [-0.2, 0) is 24.1 Å². The molecule has 176 valence electrons. The Morgan fingerprint density at radius 2 is 1.82 bits per heavy atom. The van der Waals surface area contributed by atoms with Crippen molar-refractivity contribution < 1.29 is 22.4 Å². The number of rotatable bonds is 7. The minimum Gasteiger partial charge on any atom is -0.323 e. The summed E-state index contributed by atoms with van der Waals surface area (Å²) >= 11 is 3.06. The third-order valence-electron chi connectivity index (χ3n) is 5.61. The van der Waals surface area contributed by atoms with Crippen LogP contribution in [0.15, 0.2) is 28.7 Å². The Morgan fingerprint density at radius 1 is 1.15 bits per heavy atom. The van der Waals surface area contributed by atoms with Crippen molar-refractivity contribution in [1.82, 2.24) is 19.6 Å². The number of carbonyl (C=O) groups excluding carboxylic acids is 1. The van der Waals surface area contributed by atoms with Crippen molar-refractivity contribution in [2.45, 2.75) is 58.3 Å². The highest BCUT2D eigenvalue weighted by Gasteiger charge is 2.41. The van der Waals surface area contributed by atoms with Crippen molar-refractivity contribution in [1.29, 1.82) is 0 Å². The van der Waals surface area contributed by atoms with Crippen LogP contribution >= 0.6 is 15.9 Å². The Bertz CT molecular complexity index is 1180. The summed E-state index contributed by atoms with van der Waals surface area (Å²) in [6.07, 6.45) is -2.99. The normalized spacial score (nSPS) is 14.0. The fourth-order valence-electron chi connectivity index (χ4n) is 3.76. The van der Waals surface area contributed by atoms with E-state index >= 15 is 0 Å². The molecule has 3 aromatic rings. The standard InChI is InChI=1S/C22H22BrF4N5O/c1-12-19(13(2)32(29-12)11-14-3-7-16(24)8-4-14)28-17(33)9-10-31-20(15-5-6-15)18(23)21(30-31)22(25,26)27/h3-4,7-8,15H,5-6,9-11H2,1-2H3,(H,28,33). The zero-order valence-corrected chi connectivity index (χ0v) is 19.6. The van der Waals surface area contributed by atoms with Gasteiger partial charge in [-0.15, -0.1) is 0 Å². The molecule has 4 rings (SSSR count). The summed E-state index contributed by atoms with van der Waals surface area (Å²) in [5.41, 5.74) is 2.29. The summed E-state index contributed by atoms with van der Waals surface area (Å²) < 4.78 is 55.9. The zero-order valence-electron chi connectivity index (χ0n) is 18.0. The molecule has 1 fully saturated rings. The molecule has 1 amide bonds. The lowest BCUT2D eigenvalue weighted by atomic mass is 10.2. The number of hydrogen-bond acceptors (Lipinski definition) is 3. The number of halogens is 5. The second-order valence-electron chi connectivity index (χ2n) is 8.17. The fraction of sp³-hybridized carbons (Fsp3) is 0.409. The number of hydrogen-bond donors (Lipinski definition) is 1. The van der Waals surface area contributed by atoms with Gasteiger partial charge in [-0.2, -0.15) is 23.4 Å². The number of anilines is 1. The highest BCUT2D eigenvalue weighted by Crippen LogP contribution is 2.47. The van der Waals surface area contributed by atoms with Gasteiger partial charge in [-0.1, -0.05) is 12.1 Å². The maximum Gasteiger partial charge on any atom is 0.436 e. The first-order chi connectivity index (χ1) is 15.5. The smallest absolute Gasteiger partial charge is 0.323 e. The Labute approximate surface area is 196 Å². The van der Waals surface area contributed by atoms with Crippen molar-refractivity contribution in [3.63, 3.8) is 0 Å². The number of benzene rings is 1. The number of aromatic nitrogens is 4. The van der Waals surface area contributed by atoms with Crippen LogP contribution in [0.3, 0.4) is 0 Å². The third-order valence-corrected chi connectivity index (χ3v) is 6.39. The van der Waals surface area contributed by atoms with Crippen LogP contribution in [0.2, 0.25) is 0 Å². The molecule has 6 nitrogen and oxygen atoms in total. The average Bonchev–Trinajstić information content (AvgIpc) is 3.47. The SMILES string of the molecule is Cc1nn(Cc2ccc(F)cc2)c(C)c1NC(=O)CCn1nc(C(F)(F)F)c(Br)c1C1CC1. The van der Waals surface area contributed by atoms with Crippen LogP contribution in [0.1, 0.15) is 53.5 Å². The molecule has 2 aromatic heterocycles. The number of nitrogens with zero attached hydrogens (tertiary/aromatic N) is 4. The highest BCUT2D eigenvalue weighted by atomic mass is 79.9. The van der Waals surface area contributed by atoms with Crippen molar-refractivity contribution in [3.8, 4) is 0 Å². The molecule has 1 N–H and O–H groups in total. The lowest BCUT2D eigenvalue weighted by molar-refractivity contribution is -0.142. The van der Waals surface area contributed by atoms with E-state index in [4.69, 9.17) is 0 Å². The van der Waals surface area contributed by atoms with Crippen LogP contribution in [0.4, 0.5) is 23.2 Å². The molecule has 1 aliphatic carbocycles. The molecule has 1 aliphatic rings. The second-order valence-corrected chi connectivity index (χ2v) is 8.96. The number of alkyl halides is 3. The van der Waals surface area contributed by atoms with E-state index < -0.39 is 11.9 Å². The molecule has 0 spiro atoms. The highest BCUT2D eigenvalue weighted by molar-refractivity contribution is 9.10. The van der Waals surface area contributed by atoms with Gasteiger partial charge < -0.3 is 5.32 Å². The Morgan fingerprint density at radius 3 is 2.42 bits per heavy atom. The molecule has 0 radical (unpaired) electrons. The molecular weight excluding hydrogens is 506 g/mol. The van der Waals surface area contributed by atoms with Gasteiger partial charge in [0, 0.05) is 12.3 Å². The van der Waals surface area contributed by atoms with E-state index in [2.05, 4.69) is 31.4 Å². The van der Waals surface area contributed by atoms with Gasteiger partial charge in [0.05, 0.1) is 40.3 Å². The fourth-order valence-corrected chi connectivity index (χ4v) is 4.59. The van der Waals surface area contributed by atoms with E-state index in [9.17, 15) is 22.4 Å². The minimum atomic E-state index is -4.57. The summed E-state index contributed by atoms with van der Waals surface area (Å²) in [5.74, 6) is -0.638. The van der Waals surface area contributed by atoms with Gasteiger partial charge in [0.2, 0.25) is 5.91 Å². The molecular formula is C22H22BrF4N5O. The van der Waals surface area contributed by atoms with E-state index in [0.717, 1.165) is 24.1 Å². The van der Waals surface area contributed by atoms with Crippen molar-refractivity contribution in [3.05, 3.63) is 62.9 Å². The van der Waals surface area contributed by atoms with Gasteiger partial charge in [0.15, 0.2) is 5.69 Å². The summed E-state index contributed by atoms with van der Waals surface area (Å²) in [5, 5.41) is 11.0. The number of nitrogens with one attached hydrogen (secondary N) is 1. The second kappa shape index (κ2) is 8.92. The van der Waals surface area contributed by atoms with Crippen LogP contribution in [-0.4, -0.2) is 25.5 Å². The van der Waals surface area contributed by atoms with Crippen molar-refractivity contribution >= 4 is 27.5 Å². The molecule has 1 saturated carbocycles. The number of amides is 1. The van der Waals surface area contributed by atoms with Gasteiger partial charge in [-0.3, -0.25) is 14.2 Å². The lowest BCUT2D eigenvalue weighted by Crippen LogP contribution is -2.17. The zero-order chi connectivity index (χ0) is 23.9. The maximum atomic E-state index is 13.3. The van der Waals surface area contributed by atoms with Crippen LogP contribution in [0, 0.1) is 19.7 Å². The Hall–Kier alpha value is -2.69. The summed E-state index contributed by atoms with van der Waals surface area (Å²) in [7, 11) is 0. The van der Waals surface area contributed by atoms with Gasteiger partial charge in [0.1, 0.15) is 5.82 Å². The van der Waals surface area contributed by atoms with E-state index in [1.54, 1.807) is 23.7 Å². The predicted octanol–water partition coefficient (Wildman–Crippen LogP) is 5.57. The van der Waals surface area contributed by atoms with Crippen LogP contribution < -0.4 is 5.32 Å². The van der Waals surface area contributed by atoms with Crippen LogP contribution in [0.25, 0.3) is 0 Å². The minimum absolute atomic E-state index is 0.0280. The lowest BCUT2D eigenvalue weighted by Gasteiger charge is -2.09. The molecule has 0 saturated heterocycles. The molecule has 33 heavy (non-hydrogen) atoms. The molecule has 0 atom stereocenters. The third kappa shape index (κ3) is 5.13. The van der Waals surface area contributed by atoms with Gasteiger partial charge in [0.25, 0.3) is 0 Å². The largest absolute Gasteiger partial charge is 0.436 e. The van der Waals surface area contributed by atoms with E-state index in [1.165, 1.54) is 16.8 Å². The molecule has 0 aliphatic heterocycles. The first kappa shape index (κ1) is 23.5. The predicted molar refractivity (Wildman–Crippen MR) is 117 cm³/mol. The first-order valence-corrected chi connectivity index (χ1v) is 11.3. The molecule has 11 heteroatoms. The molecule has 1 aromatic carbocycles. The van der Waals surface area contributed by atoms with Crippen molar-refractivity contribution in [2.75, 3.05) is 5.32 Å². The van der Waals surface area contributed by atoms with Crippen LogP contribution in [0.5, 0.6) is 0 Å². The van der Waals surface area contributed by atoms with Gasteiger partial charge >= 0.3 is 6.18 Å².